The van der Waals surface area contributed by atoms with Crippen LogP contribution >= 0.6 is 0 Å². The van der Waals surface area contributed by atoms with Crippen molar-refractivity contribution >= 4 is 11.9 Å². The van der Waals surface area contributed by atoms with E-state index in [2.05, 4.69) is 27.4 Å². The van der Waals surface area contributed by atoms with Crippen molar-refractivity contribution in [2.75, 3.05) is 13.1 Å². The Morgan fingerprint density at radius 2 is 1.94 bits per heavy atom. The zero-order valence-corrected chi connectivity index (χ0v) is 10.1. The molecule has 0 aliphatic heterocycles. The molecule has 5 N–H and O–H groups in total. The highest BCUT2D eigenvalue weighted by atomic mass is 15.2. The third-order valence-corrected chi connectivity index (χ3v) is 2.07. The summed E-state index contributed by atoms with van der Waals surface area (Å²) >= 11 is 0. The van der Waals surface area contributed by atoms with E-state index in [-0.39, 0.29) is 5.96 Å². The minimum atomic E-state index is 0.0180. The Bertz CT molecular complexity index is 379. The molecule has 0 heterocycles. The van der Waals surface area contributed by atoms with Crippen LogP contribution in [0.3, 0.4) is 0 Å². The topological polar surface area (TPSA) is 88.8 Å². The van der Waals surface area contributed by atoms with Crippen LogP contribution in [0.5, 0.6) is 0 Å². The molecule has 5 heteroatoms. The van der Waals surface area contributed by atoms with Gasteiger partial charge in [-0.2, -0.15) is 4.99 Å². The molecule has 5 nitrogen and oxygen atoms in total. The third-order valence-electron chi connectivity index (χ3n) is 2.07. The molecule has 0 aliphatic rings. The summed E-state index contributed by atoms with van der Waals surface area (Å²) in [4.78, 5) is 8.22. The van der Waals surface area contributed by atoms with Gasteiger partial charge >= 0.3 is 0 Å². The van der Waals surface area contributed by atoms with Crippen molar-refractivity contribution in [2.45, 2.75) is 13.3 Å². The smallest absolute Gasteiger partial charge is 0.221 e. The molecular formula is C12H19N5. The maximum Gasteiger partial charge on any atom is 0.221 e. The van der Waals surface area contributed by atoms with E-state index in [0.29, 0.717) is 12.5 Å². The van der Waals surface area contributed by atoms with E-state index < -0.39 is 0 Å². The van der Waals surface area contributed by atoms with Crippen molar-refractivity contribution < 1.29 is 0 Å². The number of nitrogens with two attached hydrogens (primary N) is 2. The maximum atomic E-state index is 5.31. The molecule has 0 amide bonds. The number of nitrogens with zero attached hydrogens (tertiary/aromatic N) is 2. The number of hydrogen-bond acceptors (Lipinski definition) is 1. The average Bonchev–Trinajstić information content (AvgIpc) is 2.30. The lowest BCUT2D eigenvalue weighted by atomic mass is 10.2. The van der Waals surface area contributed by atoms with Gasteiger partial charge in [0, 0.05) is 13.1 Å². The molecule has 1 aromatic rings. The van der Waals surface area contributed by atoms with Crippen LogP contribution < -0.4 is 16.8 Å². The van der Waals surface area contributed by atoms with Crippen LogP contribution in [0.25, 0.3) is 0 Å². The van der Waals surface area contributed by atoms with Crippen LogP contribution in [0.15, 0.2) is 40.3 Å². The van der Waals surface area contributed by atoms with E-state index >= 15 is 0 Å². The number of nitrogens with one attached hydrogen (secondary N) is 1. The average molecular weight is 233 g/mol. The Morgan fingerprint density at radius 1 is 1.24 bits per heavy atom. The van der Waals surface area contributed by atoms with E-state index in [1.165, 1.54) is 5.56 Å². The van der Waals surface area contributed by atoms with Crippen molar-refractivity contribution in [3.63, 3.8) is 0 Å². The molecule has 1 aromatic carbocycles. The summed E-state index contributed by atoms with van der Waals surface area (Å²) in [7, 11) is 0. The Kier molecular flexibility index (Phi) is 5.57. The van der Waals surface area contributed by atoms with Crippen LogP contribution in [-0.2, 0) is 6.42 Å². The Balaban J connectivity index is 2.52. The first-order valence-corrected chi connectivity index (χ1v) is 5.64. The second kappa shape index (κ2) is 7.27. The molecule has 1 rings (SSSR count). The lowest BCUT2D eigenvalue weighted by Gasteiger charge is -2.03. The number of guanidine groups is 2. The fraction of sp³-hybridized carbons (Fsp3) is 0.333. The largest absolute Gasteiger partial charge is 0.370 e. The standard InChI is InChI=1S/C12H19N5/c1-2-15-12(17-11(13)14)16-9-8-10-6-4-3-5-7-10/h3-7H,2,8-9H2,1H3,(H5,13,14,15,16,17). The Hall–Kier alpha value is -2.04. The predicted octanol–water partition coefficient (Wildman–Crippen LogP) is 0.468. The molecule has 0 aromatic heterocycles. The lowest BCUT2D eigenvalue weighted by Crippen LogP contribution is -2.29. The molecule has 92 valence electrons. The molecule has 0 fully saturated rings. The Morgan fingerprint density at radius 3 is 2.53 bits per heavy atom. The van der Waals surface area contributed by atoms with Gasteiger partial charge in [0.1, 0.15) is 0 Å². The molecule has 0 bridgehead atoms. The van der Waals surface area contributed by atoms with Gasteiger partial charge in [-0.1, -0.05) is 30.3 Å². The van der Waals surface area contributed by atoms with Gasteiger partial charge in [-0.05, 0) is 18.9 Å². The first-order valence-electron chi connectivity index (χ1n) is 5.64. The second-order valence-electron chi connectivity index (χ2n) is 3.51. The van der Waals surface area contributed by atoms with Crippen molar-refractivity contribution in [1.82, 2.24) is 5.32 Å². The fourth-order valence-electron chi connectivity index (χ4n) is 1.35. The first-order chi connectivity index (χ1) is 8.22. The highest BCUT2D eigenvalue weighted by molar-refractivity contribution is 5.93. The predicted molar refractivity (Wildman–Crippen MR) is 71.9 cm³/mol. The summed E-state index contributed by atoms with van der Waals surface area (Å²) in [5.74, 6) is 0.507. The minimum absolute atomic E-state index is 0.0180. The molecule has 0 spiro atoms. The van der Waals surface area contributed by atoms with Gasteiger partial charge in [-0.25, -0.2) is 0 Å². The normalized spacial score (nSPS) is 11.0. The van der Waals surface area contributed by atoms with Crippen molar-refractivity contribution in [3.05, 3.63) is 35.9 Å². The van der Waals surface area contributed by atoms with E-state index in [9.17, 15) is 0 Å². The van der Waals surface area contributed by atoms with Crippen LogP contribution in [0.4, 0.5) is 0 Å². The molecule has 0 unspecified atom stereocenters. The number of benzene rings is 1. The lowest BCUT2D eigenvalue weighted by molar-refractivity contribution is 0.905. The zero-order valence-electron chi connectivity index (χ0n) is 10.1. The van der Waals surface area contributed by atoms with Crippen molar-refractivity contribution in [2.24, 2.45) is 21.5 Å². The summed E-state index contributed by atoms with van der Waals surface area (Å²) in [5.41, 5.74) is 11.9. The van der Waals surface area contributed by atoms with Gasteiger partial charge in [-0.15, -0.1) is 0 Å². The molecule has 0 atom stereocenters. The van der Waals surface area contributed by atoms with Gasteiger partial charge < -0.3 is 16.8 Å². The zero-order chi connectivity index (χ0) is 12.5. The Labute approximate surface area is 102 Å². The van der Waals surface area contributed by atoms with E-state index in [4.69, 9.17) is 11.5 Å². The number of hydrogen-bond donors (Lipinski definition) is 3. The summed E-state index contributed by atoms with van der Waals surface area (Å²) < 4.78 is 0. The third kappa shape index (κ3) is 5.55. The van der Waals surface area contributed by atoms with Gasteiger partial charge in [0.25, 0.3) is 0 Å². The van der Waals surface area contributed by atoms with Gasteiger partial charge in [0.15, 0.2) is 5.96 Å². The minimum Gasteiger partial charge on any atom is -0.370 e. The highest BCUT2D eigenvalue weighted by Crippen LogP contribution is 1.99. The van der Waals surface area contributed by atoms with Crippen LogP contribution in [0.2, 0.25) is 0 Å². The molecule has 0 saturated carbocycles. The van der Waals surface area contributed by atoms with Crippen LogP contribution in [-0.4, -0.2) is 25.0 Å². The van der Waals surface area contributed by atoms with Gasteiger partial charge in [-0.3, -0.25) is 4.99 Å². The van der Waals surface area contributed by atoms with Crippen LogP contribution in [0, 0.1) is 0 Å². The summed E-state index contributed by atoms with van der Waals surface area (Å²) in [6, 6.07) is 10.2. The second-order valence-corrected chi connectivity index (χ2v) is 3.51. The van der Waals surface area contributed by atoms with Gasteiger partial charge in [0.05, 0.1) is 0 Å². The highest BCUT2D eigenvalue weighted by Gasteiger charge is 1.95. The summed E-state index contributed by atoms with van der Waals surface area (Å²) in [6.45, 7) is 3.36. The molecular weight excluding hydrogens is 214 g/mol. The number of aliphatic imine (C=N–C) groups is 2. The quantitative estimate of drug-likeness (QED) is 0.521. The maximum absolute atomic E-state index is 5.31. The van der Waals surface area contributed by atoms with Gasteiger partial charge in [0.2, 0.25) is 5.96 Å². The summed E-state index contributed by atoms with van der Waals surface area (Å²) in [6.07, 6.45) is 0.871. The first kappa shape index (κ1) is 13.0. The van der Waals surface area contributed by atoms with Crippen molar-refractivity contribution in [3.8, 4) is 0 Å². The van der Waals surface area contributed by atoms with Crippen LogP contribution in [0.1, 0.15) is 12.5 Å². The number of rotatable bonds is 4. The molecule has 0 radical (unpaired) electrons. The summed E-state index contributed by atoms with van der Waals surface area (Å²) in [5, 5.41) is 3.00. The van der Waals surface area contributed by atoms with E-state index in [1.807, 2.05) is 25.1 Å². The fourth-order valence-corrected chi connectivity index (χ4v) is 1.35. The molecule has 17 heavy (non-hydrogen) atoms. The van der Waals surface area contributed by atoms with E-state index in [0.717, 1.165) is 13.0 Å². The molecule has 0 aliphatic carbocycles. The van der Waals surface area contributed by atoms with E-state index in [1.54, 1.807) is 0 Å². The molecule has 0 saturated heterocycles. The SMILES string of the molecule is CCNC(N=C(N)N)=NCCc1ccccc1. The monoisotopic (exact) mass is 233 g/mol. The van der Waals surface area contributed by atoms with Crippen molar-refractivity contribution in [1.29, 1.82) is 0 Å².